The number of nitrogens with zero attached hydrogens (tertiary/aromatic N) is 2. The monoisotopic (exact) mass is 542 g/mol. The van der Waals surface area contributed by atoms with E-state index in [0.29, 0.717) is 69.0 Å². The van der Waals surface area contributed by atoms with Gasteiger partial charge in [-0.1, -0.05) is 21.6 Å². The van der Waals surface area contributed by atoms with Crippen LogP contribution in [0.3, 0.4) is 0 Å². The highest BCUT2D eigenvalue weighted by Crippen LogP contribution is 2.38. The molecular weight excluding hydrogens is 504 g/mol. The van der Waals surface area contributed by atoms with E-state index in [4.69, 9.17) is 9.84 Å². The number of carboxylic acid groups (broad SMARTS) is 1. The maximum absolute atomic E-state index is 13.0. The zero-order chi connectivity index (χ0) is 25.7. The van der Waals surface area contributed by atoms with E-state index in [1.54, 1.807) is 21.6 Å². The van der Waals surface area contributed by atoms with Crippen LogP contribution in [0.1, 0.15) is 45.4 Å². The van der Waals surface area contributed by atoms with Crippen molar-refractivity contribution in [2.75, 3.05) is 45.9 Å². The molecule has 0 aromatic carbocycles. The summed E-state index contributed by atoms with van der Waals surface area (Å²) >= 11 is 0. The smallest absolute Gasteiger partial charge is 0.309 e. The summed E-state index contributed by atoms with van der Waals surface area (Å²) in [7, 11) is 3.60. The zero-order valence-electron chi connectivity index (χ0n) is 20.9. The van der Waals surface area contributed by atoms with Crippen molar-refractivity contribution in [3.05, 3.63) is 0 Å². The van der Waals surface area contributed by atoms with Gasteiger partial charge in [-0.3, -0.25) is 19.2 Å². The standard InChI is InChI=1S/C24H38N4O6S2/c1-2-34-24(33)16-5-9-28(10-6-16)22(30)20-12-18(14-26-20)36-35-17-11-19(25-13-17)21(29)27-7-3-15(4-8-27)23(31)32/h15-20,25-26H,2-14H2,1H3,(H,31,32)/t17-,18-,19+,20+/m1/s1. The van der Waals surface area contributed by atoms with E-state index in [0.717, 1.165) is 25.9 Å². The van der Waals surface area contributed by atoms with Gasteiger partial charge in [0.1, 0.15) is 0 Å². The first kappa shape index (κ1) is 27.5. The minimum atomic E-state index is -0.765. The molecule has 10 nitrogen and oxygen atoms in total. The molecule has 4 fully saturated rings. The molecule has 4 saturated heterocycles. The predicted octanol–water partition coefficient (Wildman–Crippen LogP) is 0.954. The van der Waals surface area contributed by atoms with Crippen LogP contribution in [0.5, 0.6) is 0 Å². The Morgan fingerprint density at radius 1 is 0.806 bits per heavy atom. The highest BCUT2D eigenvalue weighted by Gasteiger charge is 2.38. The molecule has 4 rings (SSSR count). The molecule has 3 N–H and O–H groups in total. The van der Waals surface area contributed by atoms with Gasteiger partial charge in [0.05, 0.1) is 30.5 Å². The van der Waals surface area contributed by atoms with Gasteiger partial charge in [-0.15, -0.1) is 0 Å². The van der Waals surface area contributed by atoms with Crippen molar-refractivity contribution in [1.82, 2.24) is 20.4 Å². The molecule has 4 atom stereocenters. The number of carbonyl (C=O) groups is 4. The van der Waals surface area contributed by atoms with Crippen molar-refractivity contribution >= 4 is 45.3 Å². The van der Waals surface area contributed by atoms with Gasteiger partial charge >= 0.3 is 11.9 Å². The van der Waals surface area contributed by atoms with Gasteiger partial charge in [-0.05, 0) is 45.4 Å². The number of rotatable bonds is 8. The second-order valence-electron chi connectivity index (χ2n) is 10.1. The van der Waals surface area contributed by atoms with Crippen LogP contribution in [0, 0.1) is 11.8 Å². The number of aliphatic carboxylic acids is 1. The van der Waals surface area contributed by atoms with Crippen LogP contribution in [-0.2, 0) is 23.9 Å². The second-order valence-corrected chi connectivity index (χ2v) is 13.0. The molecule has 2 amide bonds. The fourth-order valence-electron chi connectivity index (χ4n) is 5.47. The molecule has 12 heteroatoms. The maximum atomic E-state index is 13.0. The summed E-state index contributed by atoms with van der Waals surface area (Å²) in [4.78, 5) is 52.6. The number of esters is 1. The van der Waals surface area contributed by atoms with Crippen LogP contribution in [0.25, 0.3) is 0 Å². The number of nitrogens with one attached hydrogen (secondary N) is 2. The lowest BCUT2D eigenvalue weighted by Crippen LogP contribution is -2.47. The SMILES string of the molecule is CCOC(=O)C1CCN(C(=O)[C@@H]2C[C@@H](SS[C@H]3CN[C@H](C(=O)N4CCC(C(=O)O)CC4)C3)CN2)CC1. The molecule has 4 aliphatic heterocycles. The average Bonchev–Trinajstić information content (AvgIpc) is 3.57. The Morgan fingerprint density at radius 2 is 1.25 bits per heavy atom. The molecule has 4 heterocycles. The highest BCUT2D eigenvalue weighted by molar-refractivity contribution is 8.77. The Morgan fingerprint density at radius 3 is 1.67 bits per heavy atom. The van der Waals surface area contributed by atoms with Crippen molar-refractivity contribution in [2.24, 2.45) is 11.8 Å². The largest absolute Gasteiger partial charge is 0.481 e. The van der Waals surface area contributed by atoms with Gasteiger partial charge < -0.3 is 30.3 Å². The van der Waals surface area contributed by atoms with Crippen LogP contribution in [0.15, 0.2) is 0 Å². The Hall–Kier alpha value is -1.50. The molecule has 0 aliphatic carbocycles. The van der Waals surface area contributed by atoms with E-state index in [1.807, 2.05) is 16.7 Å². The number of ether oxygens (including phenoxy) is 1. The number of amides is 2. The van der Waals surface area contributed by atoms with Crippen LogP contribution in [0.2, 0.25) is 0 Å². The molecule has 0 aromatic rings. The summed E-state index contributed by atoms with van der Waals surface area (Å²) in [6.07, 6.45) is 3.94. The van der Waals surface area contributed by atoms with Crippen molar-refractivity contribution in [2.45, 2.75) is 68.0 Å². The molecule has 202 valence electrons. The van der Waals surface area contributed by atoms with Crippen LogP contribution in [-0.4, -0.2) is 107 Å². The Labute approximate surface area is 220 Å². The first-order valence-electron chi connectivity index (χ1n) is 13.1. The normalized spacial score (nSPS) is 29.9. The third-order valence-corrected chi connectivity index (χ3v) is 11.0. The lowest BCUT2D eigenvalue weighted by molar-refractivity contribution is -0.151. The molecule has 4 aliphatic rings. The van der Waals surface area contributed by atoms with Gasteiger partial charge in [0.25, 0.3) is 0 Å². The van der Waals surface area contributed by atoms with E-state index in [-0.39, 0.29) is 41.7 Å². The quantitative estimate of drug-likeness (QED) is 0.301. The lowest BCUT2D eigenvalue weighted by atomic mass is 9.96. The molecule has 0 radical (unpaired) electrons. The van der Waals surface area contributed by atoms with Gasteiger partial charge in [0, 0.05) is 49.8 Å². The van der Waals surface area contributed by atoms with Crippen molar-refractivity contribution in [1.29, 1.82) is 0 Å². The van der Waals surface area contributed by atoms with E-state index < -0.39 is 5.97 Å². The number of carboxylic acids is 1. The maximum Gasteiger partial charge on any atom is 0.309 e. The minimum Gasteiger partial charge on any atom is -0.481 e. The fraction of sp³-hybridized carbons (Fsp3) is 0.833. The summed E-state index contributed by atoms with van der Waals surface area (Å²) in [6, 6.07) is -0.370. The molecular formula is C24H38N4O6S2. The number of likely N-dealkylation sites (tertiary alicyclic amines) is 2. The third-order valence-electron chi connectivity index (χ3n) is 7.69. The third kappa shape index (κ3) is 6.87. The number of hydrogen-bond acceptors (Lipinski definition) is 9. The summed E-state index contributed by atoms with van der Waals surface area (Å²) in [5.41, 5.74) is 0. The molecule has 0 unspecified atom stereocenters. The topological polar surface area (TPSA) is 128 Å². The predicted molar refractivity (Wildman–Crippen MR) is 138 cm³/mol. The van der Waals surface area contributed by atoms with E-state index in [1.165, 1.54) is 0 Å². The molecule has 0 saturated carbocycles. The molecule has 0 bridgehead atoms. The summed E-state index contributed by atoms with van der Waals surface area (Å²) in [6.45, 7) is 6.00. The summed E-state index contributed by atoms with van der Waals surface area (Å²) in [5.74, 6) is -1.13. The Bertz CT molecular complexity index is 816. The van der Waals surface area contributed by atoms with Crippen molar-refractivity contribution in [3.63, 3.8) is 0 Å². The summed E-state index contributed by atoms with van der Waals surface area (Å²) < 4.78 is 5.12. The first-order valence-corrected chi connectivity index (χ1v) is 15.4. The van der Waals surface area contributed by atoms with Crippen LogP contribution >= 0.6 is 21.6 Å². The van der Waals surface area contributed by atoms with E-state index >= 15 is 0 Å². The summed E-state index contributed by atoms with van der Waals surface area (Å²) in [5, 5.41) is 16.6. The molecule has 0 spiro atoms. The number of carbonyl (C=O) groups excluding carboxylic acids is 3. The lowest BCUT2D eigenvalue weighted by Gasteiger charge is -2.32. The molecule has 36 heavy (non-hydrogen) atoms. The van der Waals surface area contributed by atoms with Gasteiger partial charge in [-0.25, -0.2) is 0 Å². The Balaban J connectivity index is 1.13. The zero-order valence-corrected chi connectivity index (χ0v) is 22.5. The van der Waals surface area contributed by atoms with Gasteiger partial charge in [-0.2, -0.15) is 0 Å². The molecule has 0 aromatic heterocycles. The number of hydrogen-bond donors (Lipinski definition) is 3. The second kappa shape index (κ2) is 12.8. The fourth-order valence-corrected chi connectivity index (χ4v) is 8.48. The van der Waals surface area contributed by atoms with Crippen LogP contribution in [0.4, 0.5) is 0 Å². The first-order chi connectivity index (χ1) is 17.4. The Kier molecular flexibility index (Phi) is 9.82. The van der Waals surface area contributed by atoms with Gasteiger partial charge in [0.15, 0.2) is 0 Å². The van der Waals surface area contributed by atoms with E-state index in [9.17, 15) is 19.2 Å². The number of piperidine rings is 2. The minimum absolute atomic E-state index is 0.0897. The van der Waals surface area contributed by atoms with E-state index in [2.05, 4.69) is 10.6 Å². The average molecular weight is 543 g/mol. The van der Waals surface area contributed by atoms with Gasteiger partial charge in [0.2, 0.25) is 11.8 Å². The van der Waals surface area contributed by atoms with Crippen molar-refractivity contribution < 1.29 is 29.0 Å². The highest BCUT2D eigenvalue weighted by atomic mass is 33.1. The van der Waals surface area contributed by atoms with Crippen molar-refractivity contribution in [3.8, 4) is 0 Å². The van der Waals surface area contributed by atoms with Crippen LogP contribution < -0.4 is 10.6 Å².